The first-order valence-electron chi connectivity index (χ1n) is 6.06. The topological polar surface area (TPSA) is 74.9 Å². The Labute approximate surface area is 111 Å². The summed E-state index contributed by atoms with van der Waals surface area (Å²) in [5.41, 5.74) is 0.765. The number of aliphatic hydroxyl groups is 2. The Morgan fingerprint density at radius 1 is 1.21 bits per heavy atom. The molecule has 2 rings (SSSR count). The fourth-order valence-electron chi connectivity index (χ4n) is 1.57. The van der Waals surface area contributed by atoms with Crippen molar-refractivity contribution in [2.45, 2.75) is 12.7 Å². The number of para-hydroxylation sites is 2. The summed E-state index contributed by atoms with van der Waals surface area (Å²) in [6, 6.07) is 11.1. The molecule has 0 saturated carbocycles. The fourth-order valence-corrected chi connectivity index (χ4v) is 1.57. The Balaban J connectivity index is 1.95. The molecule has 1 aromatic carbocycles. The number of hydrogen-bond acceptors (Lipinski definition) is 5. The van der Waals surface area contributed by atoms with Crippen LogP contribution in [0.4, 0.5) is 5.69 Å². The molecule has 102 valence electrons. The Hall–Kier alpha value is -1.98. The van der Waals surface area contributed by atoms with Gasteiger partial charge in [-0.3, -0.25) is 0 Å². The quantitative estimate of drug-likeness (QED) is 0.708. The highest BCUT2D eigenvalue weighted by Crippen LogP contribution is 2.24. The zero-order valence-electron chi connectivity index (χ0n) is 10.5. The molecule has 3 N–H and O–H groups in total. The van der Waals surface area contributed by atoms with E-state index in [2.05, 4.69) is 5.32 Å². The Bertz CT molecular complexity index is 484. The summed E-state index contributed by atoms with van der Waals surface area (Å²) in [6.45, 7) is 0.328. The number of furan rings is 1. The van der Waals surface area contributed by atoms with Crippen LogP contribution in [0.3, 0.4) is 0 Å². The van der Waals surface area contributed by atoms with Gasteiger partial charge in [0.15, 0.2) is 0 Å². The molecule has 0 radical (unpaired) electrons. The minimum atomic E-state index is -0.793. The van der Waals surface area contributed by atoms with Crippen molar-refractivity contribution in [2.24, 2.45) is 0 Å². The summed E-state index contributed by atoms with van der Waals surface area (Å²) in [7, 11) is 0. The zero-order valence-corrected chi connectivity index (χ0v) is 10.5. The smallest absolute Gasteiger partial charge is 0.146 e. The van der Waals surface area contributed by atoms with Crippen LogP contribution < -0.4 is 10.1 Å². The predicted octanol–water partition coefficient (Wildman–Crippen LogP) is 1.62. The van der Waals surface area contributed by atoms with E-state index in [1.165, 1.54) is 0 Å². The Kier molecular flexibility index (Phi) is 4.83. The molecule has 5 nitrogen and oxygen atoms in total. The maximum atomic E-state index is 9.32. The van der Waals surface area contributed by atoms with Gasteiger partial charge in [-0.15, -0.1) is 0 Å². The molecule has 19 heavy (non-hydrogen) atoms. The number of benzene rings is 1. The predicted molar refractivity (Wildman–Crippen MR) is 71.1 cm³/mol. The van der Waals surface area contributed by atoms with E-state index in [9.17, 15) is 5.11 Å². The van der Waals surface area contributed by atoms with Gasteiger partial charge < -0.3 is 24.7 Å². The second kappa shape index (κ2) is 6.82. The number of rotatable bonds is 7. The Morgan fingerprint density at radius 2 is 2.05 bits per heavy atom. The van der Waals surface area contributed by atoms with E-state index in [0.717, 1.165) is 11.4 Å². The molecule has 0 fully saturated rings. The molecular weight excluding hydrogens is 246 g/mol. The summed E-state index contributed by atoms with van der Waals surface area (Å²) >= 11 is 0. The first-order valence-corrected chi connectivity index (χ1v) is 6.06. The van der Waals surface area contributed by atoms with Gasteiger partial charge in [0.05, 0.1) is 24.7 Å². The van der Waals surface area contributed by atoms with Gasteiger partial charge in [-0.25, -0.2) is 0 Å². The molecule has 0 aliphatic rings. The molecule has 0 bridgehead atoms. The van der Waals surface area contributed by atoms with Crippen molar-refractivity contribution in [3.63, 3.8) is 0 Å². The van der Waals surface area contributed by atoms with E-state index in [1.807, 2.05) is 30.3 Å². The lowest BCUT2D eigenvalue weighted by atomic mass is 10.2. The summed E-state index contributed by atoms with van der Waals surface area (Å²) in [5.74, 6) is 1.41. The average Bonchev–Trinajstić information content (AvgIpc) is 2.96. The first-order chi connectivity index (χ1) is 9.29. The molecule has 1 atom stereocenters. The standard InChI is InChI=1S/C14H17NO4/c16-9-11(17)8-15-13-5-1-2-6-14(13)19-10-12-4-3-7-18-12/h1-7,11,15-17H,8-10H2. The summed E-state index contributed by atoms with van der Waals surface area (Å²) in [5, 5.41) is 21.1. The van der Waals surface area contributed by atoms with Crippen LogP contribution in [0.15, 0.2) is 47.1 Å². The molecule has 1 aromatic heterocycles. The third kappa shape index (κ3) is 4.01. The van der Waals surface area contributed by atoms with Crippen LogP contribution in [-0.2, 0) is 6.61 Å². The van der Waals surface area contributed by atoms with Crippen LogP contribution in [0.25, 0.3) is 0 Å². The van der Waals surface area contributed by atoms with Gasteiger partial charge in [0, 0.05) is 6.54 Å². The van der Waals surface area contributed by atoms with Crippen molar-refractivity contribution in [1.82, 2.24) is 0 Å². The van der Waals surface area contributed by atoms with E-state index in [4.69, 9.17) is 14.3 Å². The summed E-state index contributed by atoms with van der Waals surface area (Å²) < 4.78 is 10.8. The molecule has 2 aromatic rings. The van der Waals surface area contributed by atoms with Crippen LogP contribution in [0.1, 0.15) is 5.76 Å². The third-order valence-electron chi connectivity index (χ3n) is 2.58. The first kappa shape index (κ1) is 13.5. The minimum Gasteiger partial charge on any atom is -0.483 e. The Morgan fingerprint density at radius 3 is 2.79 bits per heavy atom. The van der Waals surface area contributed by atoms with Gasteiger partial charge in [-0.05, 0) is 24.3 Å². The SMILES string of the molecule is OCC(O)CNc1ccccc1OCc1ccco1. The lowest BCUT2D eigenvalue weighted by Crippen LogP contribution is -2.23. The van der Waals surface area contributed by atoms with Crippen LogP contribution in [0.5, 0.6) is 5.75 Å². The summed E-state index contributed by atoms with van der Waals surface area (Å²) in [4.78, 5) is 0. The van der Waals surface area contributed by atoms with Gasteiger partial charge in [0.25, 0.3) is 0 Å². The van der Waals surface area contributed by atoms with E-state index < -0.39 is 6.10 Å². The number of nitrogens with one attached hydrogen (secondary N) is 1. The van der Waals surface area contributed by atoms with Gasteiger partial charge in [-0.2, -0.15) is 0 Å². The van der Waals surface area contributed by atoms with Crippen LogP contribution in [-0.4, -0.2) is 29.5 Å². The number of hydrogen-bond donors (Lipinski definition) is 3. The minimum absolute atomic E-state index is 0.262. The van der Waals surface area contributed by atoms with Gasteiger partial charge in [0.1, 0.15) is 18.1 Å². The van der Waals surface area contributed by atoms with Crippen LogP contribution in [0, 0.1) is 0 Å². The van der Waals surface area contributed by atoms with Crippen molar-refractivity contribution in [2.75, 3.05) is 18.5 Å². The third-order valence-corrected chi connectivity index (χ3v) is 2.58. The largest absolute Gasteiger partial charge is 0.483 e. The van der Waals surface area contributed by atoms with Crippen molar-refractivity contribution in [3.8, 4) is 5.75 Å². The lowest BCUT2D eigenvalue weighted by Gasteiger charge is -2.14. The van der Waals surface area contributed by atoms with Crippen molar-refractivity contribution < 1.29 is 19.4 Å². The molecule has 0 spiro atoms. The van der Waals surface area contributed by atoms with E-state index in [-0.39, 0.29) is 13.2 Å². The van der Waals surface area contributed by atoms with Crippen molar-refractivity contribution in [3.05, 3.63) is 48.4 Å². The molecule has 5 heteroatoms. The number of anilines is 1. The van der Waals surface area contributed by atoms with Crippen LogP contribution in [0.2, 0.25) is 0 Å². The maximum Gasteiger partial charge on any atom is 0.146 e. The molecule has 1 heterocycles. The van der Waals surface area contributed by atoms with E-state index >= 15 is 0 Å². The van der Waals surface area contributed by atoms with Crippen molar-refractivity contribution in [1.29, 1.82) is 0 Å². The monoisotopic (exact) mass is 263 g/mol. The number of aliphatic hydroxyl groups excluding tert-OH is 2. The fraction of sp³-hybridized carbons (Fsp3) is 0.286. The van der Waals surface area contributed by atoms with Gasteiger partial charge in [-0.1, -0.05) is 12.1 Å². The molecular formula is C14H17NO4. The molecule has 0 aliphatic carbocycles. The highest BCUT2D eigenvalue weighted by molar-refractivity contribution is 5.56. The van der Waals surface area contributed by atoms with E-state index in [0.29, 0.717) is 12.4 Å². The second-order valence-corrected chi connectivity index (χ2v) is 4.08. The van der Waals surface area contributed by atoms with Crippen LogP contribution >= 0.6 is 0 Å². The molecule has 0 aliphatic heterocycles. The summed E-state index contributed by atoms with van der Waals surface area (Å²) in [6.07, 6.45) is 0.804. The van der Waals surface area contributed by atoms with E-state index in [1.54, 1.807) is 12.3 Å². The molecule has 0 amide bonds. The van der Waals surface area contributed by atoms with Gasteiger partial charge >= 0.3 is 0 Å². The highest BCUT2D eigenvalue weighted by atomic mass is 16.5. The van der Waals surface area contributed by atoms with Gasteiger partial charge in [0.2, 0.25) is 0 Å². The lowest BCUT2D eigenvalue weighted by molar-refractivity contribution is 0.105. The molecule has 0 saturated heterocycles. The van der Waals surface area contributed by atoms with Crippen molar-refractivity contribution >= 4 is 5.69 Å². The second-order valence-electron chi connectivity index (χ2n) is 4.08. The molecule has 1 unspecified atom stereocenters. The zero-order chi connectivity index (χ0) is 13.5. The normalized spacial score (nSPS) is 12.1. The highest BCUT2D eigenvalue weighted by Gasteiger charge is 2.06. The number of ether oxygens (including phenoxy) is 1. The maximum absolute atomic E-state index is 9.32. The average molecular weight is 263 g/mol.